The zero-order valence-electron chi connectivity index (χ0n) is 11.6. The number of nitrogens with zero attached hydrogens (tertiary/aromatic N) is 1. The molecule has 1 rings (SSSR count). The van der Waals surface area contributed by atoms with E-state index in [4.69, 9.17) is 4.42 Å². The Hall–Kier alpha value is -1.29. The maximum Gasteiger partial charge on any atom is 0.220 e. The summed E-state index contributed by atoms with van der Waals surface area (Å²) in [6, 6.07) is 4.12. The summed E-state index contributed by atoms with van der Waals surface area (Å²) >= 11 is 0. The van der Waals surface area contributed by atoms with Gasteiger partial charge < -0.3 is 9.73 Å². The number of amides is 1. The molecule has 0 aliphatic heterocycles. The van der Waals surface area contributed by atoms with Crippen molar-refractivity contribution in [3.8, 4) is 0 Å². The minimum Gasteiger partial charge on any atom is -0.469 e. The molecule has 1 N–H and O–H groups in total. The SMILES string of the molecule is CCN(CC)C(C)CNC(=O)CCc1ccco1. The molecule has 4 nitrogen and oxygen atoms in total. The zero-order valence-corrected chi connectivity index (χ0v) is 11.6. The summed E-state index contributed by atoms with van der Waals surface area (Å²) in [6.07, 6.45) is 2.78. The van der Waals surface area contributed by atoms with Gasteiger partial charge >= 0.3 is 0 Å². The van der Waals surface area contributed by atoms with Gasteiger partial charge in [-0.2, -0.15) is 0 Å². The first-order valence-corrected chi connectivity index (χ1v) is 6.70. The molecule has 4 heteroatoms. The summed E-state index contributed by atoms with van der Waals surface area (Å²) in [5.74, 6) is 0.951. The molecule has 0 aliphatic rings. The second-order valence-electron chi connectivity index (χ2n) is 4.45. The number of carbonyl (C=O) groups excluding carboxylic acids is 1. The molecule has 1 aromatic heterocycles. The molecule has 0 spiro atoms. The molecule has 102 valence electrons. The molecule has 0 saturated heterocycles. The summed E-state index contributed by atoms with van der Waals surface area (Å²) in [7, 11) is 0. The molecule has 18 heavy (non-hydrogen) atoms. The van der Waals surface area contributed by atoms with Crippen LogP contribution < -0.4 is 5.32 Å². The number of likely N-dealkylation sites (N-methyl/N-ethyl adjacent to an activating group) is 1. The summed E-state index contributed by atoms with van der Waals surface area (Å²) in [4.78, 5) is 14.0. The van der Waals surface area contributed by atoms with Crippen molar-refractivity contribution < 1.29 is 9.21 Å². The molecule has 0 aliphatic carbocycles. The second kappa shape index (κ2) is 7.93. The van der Waals surface area contributed by atoms with Crippen LogP contribution in [0.1, 0.15) is 33.0 Å². The van der Waals surface area contributed by atoms with E-state index in [0.29, 0.717) is 25.4 Å². The lowest BCUT2D eigenvalue weighted by atomic mass is 10.2. The van der Waals surface area contributed by atoms with Crippen LogP contribution >= 0.6 is 0 Å². The number of carbonyl (C=O) groups is 1. The molecular formula is C14H24N2O2. The van der Waals surface area contributed by atoms with E-state index in [1.54, 1.807) is 6.26 Å². The molecule has 1 atom stereocenters. The lowest BCUT2D eigenvalue weighted by molar-refractivity contribution is -0.121. The molecule has 1 aromatic rings. The quantitative estimate of drug-likeness (QED) is 0.770. The monoisotopic (exact) mass is 252 g/mol. The molecule has 0 fully saturated rings. The van der Waals surface area contributed by atoms with Crippen LogP contribution in [0.15, 0.2) is 22.8 Å². The maximum atomic E-state index is 11.7. The van der Waals surface area contributed by atoms with Crippen molar-refractivity contribution in [1.29, 1.82) is 0 Å². The number of furan rings is 1. The Labute approximate surface area is 109 Å². The minimum atomic E-state index is 0.0883. The van der Waals surface area contributed by atoms with E-state index in [1.807, 2.05) is 12.1 Å². The second-order valence-corrected chi connectivity index (χ2v) is 4.45. The summed E-state index contributed by atoms with van der Waals surface area (Å²) in [5, 5.41) is 2.97. The Morgan fingerprint density at radius 3 is 2.72 bits per heavy atom. The van der Waals surface area contributed by atoms with E-state index < -0.39 is 0 Å². The van der Waals surface area contributed by atoms with Crippen molar-refractivity contribution in [1.82, 2.24) is 10.2 Å². The van der Waals surface area contributed by atoms with Crippen LogP contribution in [0.25, 0.3) is 0 Å². The van der Waals surface area contributed by atoms with Gasteiger partial charge in [-0.05, 0) is 32.1 Å². The van der Waals surface area contributed by atoms with Crippen LogP contribution in [0.4, 0.5) is 0 Å². The van der Waals surface area contributed by atoms with Gasteiger partial charge in [0.1, 0.15) is 5.76 Å². The number of hydrogen-bond acceptors (Lipinski definition) is 3. The first-order valence-electron chi connectivity index (χ1n) is 6.70. The first kappa shape index (κ1) is 14.8. The average molecular weight is 252 g/mol. The smallest absolute Gasteiger partial charge is 0.220 e. The van der Waals surface area contributed by atoms with Crippen molar-refractivity contribution in [2.45, 2.75) is 39.7 Å². The molecule has 1 unspecified atom stereocenters. The lowest BCUT2D eigenvalue weighted by Gasteiger charge is -2.26. The van der Waals surface area contributed by atoms with E-state index in [0.717, 1.165) is 18.8 Å². The lowest BCUT2D eigenvalue weighted by Crippen LogP contribution is -2.42. The van der Waals surface area contributed by atoms with Gasteiger partial charge in [0, 0.05) is 25.4 Å². The third-order valence-electron chi connectivity index (χ3n) is 3.21. The van der Waals surface area contributed by atoms with Crippen LogP contribution in [0, 0.1) is 0 Å². The third-order valence-corrected chi connectivity index (χ3v) is 3.21. The van der Waals surface area contributed by atoms with E-state index >= 15 is 0 Å². The summed E-state index contributed by atoms with van der Waals surface area (Å²) < 4.78 is 5.19. The topological polar surface area (TPSA) is 45.5 Å². The Balaban J connectivity index is 2.20. The summed E-state index contributed by atoms with van der Waals surface area (Å²) in [6.45, 7) is 9.15. The number of aryl methyl sites for hydroxylation is 1. The highest BCUT2D eigenvalue weighted by Crippen LogP contribution is 2.03. The fourth-order valence-electron chi connectivity index (χ4n) is 2.02. The normalized spacial score (nSPS) is 12.7. The molecule has 0 radical (unpaired) electrons. The molecule has 0 saturated carbocycles. The largest absolute Gasteiger partial charge is 0.469 e. The molecule has 0 bridgehead atoms. The Kier molecular flexibility index (Phi) is 6.50. The fourth-order valence-corrected chi connectivity index (χ4v) is 2.02. The van der Waals surface area contributed by atoms with E-state index in [-0.39, 0.29) is 5.91 Å². The Morgan fingerprint density at radius 2 is 2.17 bits per heavy atom. The average Bonchev–Trinajstić information content (AvgIpc) is 2.88. The third kappa shape index (κ3) is 4.92. The molecule has 1 amide bonds. The number of rotatable bonds is 8. The van der Waals surface area contributed by atoms with Gasteiger partial charge in [0.2, 0.25) is 5.91 Å². The molecule has 1 heterocycles. The van der Waals surface area contributed by atoms with Gasteiger partial charge in [0.25, 0.3) is 0 Å². The maximum absolute atomic E-state index is 11.7. The van der Waals surface area contributed by atoms with E-state index in [2.05, 4.69) is 31.0 Å². The highest BCUT2D eigenvalue weighted by atomic mass is 16.3. The molecule has 0 aromatic carbocycles. The van der Waals surface area contributed by atoms with E-state index in [1.165, 1.54) is 0 Å². The highest BCUT2D eigenvalue weighted by Gasteiger charge is 2.11. The van der Waals surface area contributed by atoms with Crippen molar-refractivity contribution in [3.63, 3.8) is 0 Å². The first-order chi connectivity index (χ1) is 8.67. The summed E-state index contributed by atoms with van der Waals surface area (Å²) in [5.41, 5.74) is 0. The van der Waals surface area contributed by atoms with Gasteiger partial charge in [-0.3, -0.25) is 9.69 Å². The van der Waals surface area contributed by atoms with Crippen molar-refractivity contribution in [2.24, 2.45) is 0 Å². The van der Waals surface area contributed by atoms with Gasteiger partial charge in [-0.1, -0.05) is 13.8 Å². The standard InChI is InChI=1S/C14H24N2O2/c1-4-16(5-2)12(3)11-15-14(17)9-8-13-7-6-10-18-13/h6-7,10,12H,4-5,8-9,11H2,1-3H3,(H,15,17). The van der Waals surface area contributed by atoms with Crippen molar-refractivity contribution in [3.05, 3.63) is 24.2 Å². The zero-order chi connectivity index (χ0) is 13.4. The van der Waals surface area contributed by atoms with Gasteiger partial charge in [-0.15, -0.1) is 0 Å². The molecular weight excluding hydrogens is 228 g/mol. The van der Waals surface area contributed by atoms with Gasteiger partial charge in [-0.25, -0.2) is 0 Å². The number of hydrogen-bond donors (Lipinski definition) is 1. The van der Waals surface area contributed by atoms with Gasteiger partial charge in [0.15, 0.2) is 0 Å². The van der Waals surface area contributed by atoms with Crippen LogP contribution in [0.3, 0.4) is 0 Å². The van der Waals surface area contributed by atoms with Crippen molar-refractivity contribution in [2.75, 3.05) is 19.6 Å². The van der Waals surface area contributed by atoms with Gasteiger partial charge in [0.05, 0.1) is 6.26 Å². The van der Waals surface area contributed by atoms with Crippen LogP contribution in [-0.2, 0) is 11.2 Å². The Bertz CT molecular complexity index is 332. The van der Waals surface area contributed by atoms with Crippen molar-refractivity contribution >= 4 is 5.91 Å². The van der Waals surface area contributed by atoms with E-state index in [9.17, 15) is 4.79 Å². The highest BCUT2D eigenvalue weighted by molar-refractivity contribution is 5.76. The predicted octanol–water partition coefficient (Wildman–Crippen LogP) is 2.06. The minimum absolute atomic E-state index is 0.0883. The fraction of sp³-hybridized carbons (Fsp3) is 0.643. The van der Waals surface area contributed by atoms with Crippen LogP contribution in [-0.4, -0.2) is 36.5 Å². The van der Waals surface area contributed by atoms with Crippen LogP contribution in [0.2, 0.25) is 0 Å². The Morgan fingerprint density at radius 1 is 1.44 bits per heavy atom. The predicted molar refractivity (Wildman–Crippen MR) is 72.4 cm³/mol. The van der Waals surface area contributed by atoms with Crippen LogP contribution in [0.5, 0.6) is 0 Å². The number of nitrogens with one attached hydrogen (secondary N) is 1.